The first-order valence-corrected chi connectivity index (χ1v) is 7.61. The molecule has 8 heteroatoms. The van der Waals surface area contributed by atoms with E-state index in [9.17, 15) is 18.0 Å². The van der Waals surface area contributed by atoms with Gasteiger partial charge in [0.2, 0.25) is 0 Å². The molecule has 0 spiro atoms. The lowest BCUT2D eigenvalue weighted by Crippen LogP contribution is -2.27. The highest BCUT2D eigenvalue weighted by Crippen LogP contribution is 2.32. The zero-order valence-corrected chi connectivity index (χ0v) is 14.2. The molecule has 0 aliphatic carbocycles. The topological polar surface area (TPSA) is 40.5 Å². The quantitative estimate of drug-likeness (QED) is 0.511. The van der Waals surface area contributed by atoms with Crippen LogP contribution in [0, 0.1) is 9.39 Å². The predicted octanol–water partition coefficient (Wildman–Crippen LogP) is 3.51. The van der Waals surface area contributed by atoms with Crippen LogP contribution in [0.25, 0.3) is 11.3 Å². The summed E-state index contributed by atoms with van der Waals surface area (Å²) in [7, 11) is 1.40. The average Bonchev–Trinajstić information content (AvgIpc) is 2.50. The summed E-state index contributed by atoms with van der Waals surface area (Å²) in [5, 5.41) is 0. The molecule has 0 aliphatic rings. The second-order valence-electron chi connectivity index (χ2n) is 4.54. The van der Waals surface area contributed by atoms with Crippen LogP contribution in [-0.2, 0) is 11.3 Å². The molecule has 4 nitrogen and oxygen atoms in total. The minimum Gasteiger partial charge on any atom is -0.467 e. The van der Waals surface area contributed by atoms with E-state index in [1.807, 2.05) is 0 Å². The van der Waals surface area contributed by atoms with E-state index >= 15 is 0 Å². The zero-order valence-electron chi connectivity index (χ0n) is 12.1. The first-order chi connectivity index (χ1) is 11.0. The Morgan fingerprint density at radius 3 is 2.65 bits per heavy atom. The molecule has 0 amide bonds. The molecule has 1 aromatic heterocycles. The number of ether oxygens (including phenoxy) is 2. The molecule has 0 atom stereocenters. The third-order valence-electron chi connectivity index (χ3n) is 3.01. The predicted molar refractivity (Wildman–Crippen MR) is 87.3 cm³/mol. The Morgan fingerprint density at radius 1 is 1.26 bits per heavy atom. The van der Waals surface area contributed by atoms with Crippen molar-refractivity contribution in [1.82, 2.24) is 4.57 Å². The number of aromatic nitrogens is 1. The SMILES string of the molecule is COCOc1cccc(F)c1-c1ccc(I)c(=O)n1CC(F)F. The fourth-order valence-corrected chi connectivity index (χ4v) is 2.56. The van der Waals surface area contributed by atoms with Gasteiger partial charge in [-0.05, 0) is 46.9 Å². The summed E-state index contributed by atoms with van der Waals surface area (Å²) >= 11 is 1.75. The number of hydrogen-bond donors (Lipinski definition) is 0. The molecule has 0 bridgehead atoms. The summed E-state index contributed by atoms with van der Waals surface area (Å²) in [6, 6.07) is 6.94. The molecule has 2 rings (SSSR count). The molecule has 1 heterocycles. The summed E-state index contributed by atoms with van der Waals surface area (Å²) in [5.74, 6) is -0.572. The van der Waals surface area contributed by atoms with Gasteiger partial charge in [0.25, 0.3) is 12.0 Å². The van der Waals surface area contributed by atoms with E-state index in [1.54, 1.807) is 22.6 Å². The number of hydrogen-bond acceptors (Lipinski definition) is 3. The van der Waals surface area contributed by atoms with E-state index in [-0.39, 0.29) is 27.4 Å². The molecule has 0 fully saturated rings. The van der Waals surface area contributed by atoms with E-state index in [4.69, 9.17) is 9.47 Å². The summed E-state index contributed by atoms with van der Waals surface area (Å²) in [5.41, 5.74) is -0.636. The van der Waals surface area contributed by atoms with Crippen LogP contribution < -0.4 is 10.3 Å². The lowest BCUT2D eigenvalue weighted by Gasteiger charge is -2.17. The third-order valence-corrected chi connectivity index (χ3v) is 3.83. The number of halogens is 4. The van der Waals surface area contributed by atoms with Gasteiger partial charge < -0.3 is 14.0 Å². The smallest absolute Gasteiger partial charge is 0.264 e. The molecule has 1 aromatic carbocycles. The van der Waals surface area contributed by atoms with Gasteiger partial charge in [0, 0.05) is 7.11 Å². The summed E-state index contributed by atoms with van der Waals surface area (Å²) < 4.78 is 51.1. The fraction of sp³-hybridized carbons (Fsp3) is 0.267. The molecule has 2 aromatic rings. The number of benzene rings is 1. The first-order valence-electron chi connectivity index (χ1n) is 6.53. The second-order valence-corrected chi connectivity index (χ2v) is 5.70. The minimum atomic E-state index is -2.75. The van der Waals surface area contributed by atoms with Gasteiger partial charge in [-0.2, -0.15) is 0 Å². The lowest BCUT2D eigenvalue weighted by atomic mass is 10.1. The Morgan fingerprint density at radius 2 is 2.00 bits per heavy atom. The van der Waals surface area contributed by atoms with Crippen LogP contribution in [0.5, 0.6) is 5.75 Å². The van der Waals surface area contributed by atoms with Gasteiger partial charge >= 0.3 is 0 Å². The molecule has 0 aliphatic heterocycles. The van der Waals surface area contributed by atoms with Crippen LogP contribution in [0.4, 0.5) is 13.2 Å². The number of nitrogens with zero attached hydrogens (tertiary/aromatic N) is 1. The molecule has 0 N–H and O–H groups in total. The number of methoxy groups -OCH3 is 1. The molecule has 124 valence electrons. The van der Waals surface area contributed by atoms with Crippen molar-refractivity contribution in [3.05, 3.63) is 50.1 Å². The van der Waals surface area contributed by atoms with E-state index in [2.05, 4.69) is 0 Å². The maximum absolute atomic E-state index is 14.3. The average molecular weight is 439 g/mol. The van der Waals surface area contributed by atoms with E-state index in [0.29, 0.717) is 0 Å². The normalized spacial score (nSPS) is 11.0. The van der Waals surface area contributed by atoms with Gasteiger partial charge in [-0.1, -0.05) is 6.07 Å². The van der Waals surface area contributed by atoms with Gasteiger partial charge in [0.1, 0.15) is 11.6 Å². The van der Waals surface area contributed by atoms with Crippen molar-refractivity contribution in [1.29, 1.82) is 0 Å². The van der Waals surface area contributed by atoms with Gasteiger partial charge in [-0.25, -0.2) is 13.2 Å². The standard InChI is InChI=1S/C15H13F3INO3/c1-22-8-23-12-4-2-3-9(16)14(12)11-6-5-10(19)15(21)20(11)7-13(17)18/h2-6,13H,7-8H2,1H3. The van der Waals surface area contributed by atoms with Gasteiger partial charge in [0.15, 0.2) is 6.79 Å². The number of rotatable bonds is 6. The molecular weight excluding hydrogens is 426 g/mol. The maximum atomic E-state index is 14.3. The monoisotopic (exact) mass is 439 g/mol. The minimum absolute atomic E-state index is 0.0277. The summed E-state index contributed by atoms with van der Waals surface area (Å²) in [4.78, 5) is 12.2. The highest BCUT2D eigenvalue weighted by molar-refractivity contribution is 14.1. The summed E-state index contributed by atoms with van der Waals surface area (Å²) in [6.45, 7) is -0.969. The van der Waals surface area contributed by atoms with Crippen molar-refractivity contribution in [2.75, 3.05) is 13.9 Å². The van der Waals surface area contributed by atoms with Crippen LogP contribution >= 0.6 is 22.6 Å². The Hall–Kier alpha value is -1.55. The highest BCUT2D eigenvalue weighted by atomic mass is 127. The van der Waals surface area contributed by atoms with E-state index < -0.39 is 24.3 Å². The molecule has 23 heavy (non-hydrogen) atoms. The lowest BCUT2D eigenvalue weighted by molar-refractivity contribution is 0.0513. The van der Waals surface area contributed by atoms with E-state index in [1.165, 1.54) is 37.4 Å². The van der Waals surface area contributed by atoms with Gasteiger partial charge in [0.05, 0.1) is 21.4 Å². The first kappa shape index (κ1) is 17.8. The van der Waals surface area contributed by atoms with E-state index in [0.717, 1.165) is 4.57 Å². The van der Waals surface area contributed by atoms with Crippen molar-refractivity contribution in [2.24, 2.45) is 0 Å². The van der Waals surface area contributed by atoms with Crippen LogP contribution in [0.3, 0.4) is 0 Å². The van der Waals surface area contributed by atoms with Gasteiger partial charge in [-0.15, -0.1) is 0 Å². The van der Waals surface area contributed by atoms with Gasteiger partial charge in [-0.3, -0.25) is 4.79 Å². The number of alkyl halides is 2. The fourth-order valence-electron chi connectivity index (χ4n) is 2.08. The Kier molecular flexibility index (Phi) is 6.05. The largest absolute Gasteiger partial charge is 0.467 e. The molecule has 0 saturated heterocycles. The third kappa shape index (κ3) is 4.05. The van der Waals surface area contributed by atoms with Crippen molar-refractivity contribution in [3.8, 4) is 17.0 Å². The second kappa shape index (κ2) is 7.82. The van der Waals surface area contributed by atoms with Crippen molar-refractivity contribution >= 4 is 22.6 Å². The Bertz CT molecular complexity index is 749. The molecule has 0 saturated carbocycles. The maximum Gasteiger partial charge on any atom is 0.264 e. The zero-order chi connectivity index (χ0) is 17.0. The van der Waals surface area contributed by atoms with Crippen LogP contribution in [0.2, 0.25) is 0 Å². The van der Waals surface area contributed by atoms with Crippen molar-refractivity contribution < 1.29 is 22.6 Å². The Labute approximate surface area is 144 Å². The van der Waals surface area contributed by atoms with Crippen LogP contribution in [0.15, 0.2) is 35.1 Å². The summed E-state index contributed by atoms with van der Waals surface area (Å²) in [6.07, 6.45) is -2.75. The Balaban J connectivity index is 2.67. The van der Waals surface area contributed by atoms with Crippen molar-refractivity contribution in [3.63, 3.8) is 0 Å². The van der Waals surface area contributed by atoms with Crippen LogP contribution in [0.1, 0.15) is 0 Å². The van der Waals surface area contributed by atoms with Crippen LogP contribution in [-0.4, -0.2) is 24.9 Å². The molecule has 0 unspecified atom stereocenters. The molecule has 0 radical (unpaired) electrons. The molecular formula is C15H13F3INO3. The highest BCUT2D eigenvalue weighted by Gasteiger charge is 2.19. The van der Waals surface area contributed by atoms with Crippen molar-refractivity contribution in [2.45, 2.75) is 13.0 Å². The number of pyridine rings is 1.